The van der Waals surface area contributed by atoms with Gasteiger partial charge >= 0.3 is 0 Å². The second-order valence-corrected chi connectivity index (χ2v) is 6.78. The van der Waals surface area contributed by atoms with Crippen molar-refractivity contribution in [3.05, 3.63) is 63.0 Å². The van der Waals surface area contributed by atoms with Crippen LogP contribution in [0.15, 0.2) is 47.6 Å². The second kappa shape index (κ2) is 7.04. The van der Waals surface area contributed by atoms with Gasteiger partial charge in [0, 0.05) is 22.2 Å². The van der Waals surface area contributed by atoms with E-state index in [1.807, 2.05) is 6.07 Å². The minimum absolute atomic E-state index is 0.0103. The second-order valence-electron chi connectivity index (χ2n) is 5.69. The Balaban J connectivity index is 1.46. The van der Waals surface area contributed by atoms with Gasteiger partial charge in [-0.25, -0.2) is 5.43 Å². The van der Waals surface area contributed by atoms with Gasteiger partial charge in [-0.3, -0.25) is 14.9 Å². The summed E-state index contributed by atoms with van der Waals surface area (Å²) in [5.74, 6) is 0.942. The maximum absolute atomic E-state index is 12.3. The van der Waals surface area contributed by atoms with Gasteiger partial charge in [0.15, 0.2) is 11.5 Å². The van der Waals surface area contributed by atoms with Crippen LogP contribution in [0, 0.1) is 10.1 Å². The van der Waals surface area contributed by atoms with E-state index in [0.29, 0.717) is 35.0 Å². The van der Waals surface area contributed by atoms with Crippen LogP contribution in [0.4, 0.5) is 5.69 Å². The summed E-state index contributed by atoms with van der Waals surface area (Å²) < 4.78 is 11.7. The fourth-order valence-electron chi connectivity index (χ4n) is 2.62. The molecule has 8 nitrogen and oxygen atoms in total. The zero-order valence-electron chi connectivity index (χ0n) is 13.9. The van der Waals surface area contributed by atoms with Crippen LogP contribution < -0.4 is 14.9 Å². The average Bonchev–Trinajstić information content (AvgIpc) is 3.11. The van der Waals surface area contributed by atoms with Crippen LogP contribution in [0.5, 0.6) is 11.5 Å². The fourth-order valence-corrected chi connectivity index (χ4v) is 3.55. The summed E-state index contributed by atoms with van der Waals surface area (Å²) in [6, 6.07) is 11.5. The van der Waals surface area contributed by atoms with Crippen LogP contribution >= 0.6 is 11.3 Å². The number of ether oxygens (including phenoxy) is 2. The first-order chi connectivity index (χ1) is 13.1. The number of hydrogen-bond donors (Lipinski definition) is 1. The largest absolute Gasteiger partial charge is 0.486 e. The minimum atomic E-state index is -0.464. The normalized spacial score (nSPS) is 13.0. The number of hydrazone groups is 1. The molecule has 0 fully saturated rings. The molecule has 0 bridgehead atoms. The molecule has 9 heteroatoms. The highest BCUT2D eigenvalue weighted by Crippen LogP contribution is 2.30. The van der Waals surface area contributed by atoms with Crippen LogP contribution in [0.3, 0.4) is 0 Å². The molecular weight excluding hydrogens is 370 g/mol. The lowest BCUT2D eigenvalue weighted by Crippen LogP contribution is -2.16. The zero-order chi connectivity index (χ0) is 18.8. The molecule has 2 aromatic carbocycles. The molecule has 1 N–H and O–H groups in total. The van der Waals surface area contributed by atoms with Crippen molar-refractivity contribution in [2.24, 2.45) is 5.10 Å². The first kappa shape index (κ1) is 17.0. The molecule has 0 atom stereocenters. The first-order valence-corrected chi connectivity index (χ1v) is 8.83. The van der Waals surface area contributed by atoms with Crippen molar-refractivity contribution in [1.82, 2.24) is 5.43 Å². The molecule has 27 heavy (non-hydrogen) atoms. The number of amides is 1. The number of fused-ring (bicyclic) bond motifs is 2. The van der Waals surface area contributed by atoms with Gasteiger partial charge < -0.3 is 9.47 Å². The maximum atomic E-state index is 12.3. The number of benzene rings is 2. The summed E-state index contributed by atoms with van der Waals surface area (Å²) in [6.07, 6.45) is 1.51. The van der Waals surface area contributed by atoms with Crippen LogP contribution in [0.25, 0.3) is 10.1 Å². The zero-order valence-corrected chi connectivity index (χ0v) is 14.7. The summed E-state index contributed by atoms with van der Waals surface area (Å²) in [5.41, 5.74) is 3.21. The van der Waals surface area contributed by atoms with Crippen molar-refractivity contribution in [1.29, 1.82) is 0 Å². The Morgan fingerprint density at radius 2 is 1.96 bits per heavy atom. The number of nitro groups is 1. The van der Waals surface area contributed by atoms with Crippen molar-refractivity contribution in [3.8, 4) is 11.5 Å². The Hall–Kier alpha value is -3.46. The quantitative estimate of drug-likeness (QED) is 0.423. The van der Waals surface area contributed by atoms with Gasteiger partial charge in [-0.2, -0.15) is 5.10 Å². The van der Waals surface area contributed by atoms with Crippen LogP contribution in [0.1, 0.15) is 15.2 Å². The number of nitrogens with one attached hydrogen (secondary N) is 1. The van der Waals surface area contributed by atoms with E-state index >= 15 is 0 Å². The summed E-state index contributed by atoms with van der Waals surface area (Å²) >= 11 is 1.25. The highest BCUT2D eigenvalue weighted by atomic mass is 32.1. The number of hydrogen-bond acceptors (Lipinski definition) is 7. The molecule has 0 aliphatic carbocycles. The monoisotopic (exact) mass is 383 g/mol. The van der Waals surface area contributed by atoms with E-state index in [4.69, 9.17) is 9.47 Å². The SMILES string of the molecule is O=C(NN=Cc1ccc2c(c1)OCCO2)c1cc2cc([N+](=O)[O-])ccc2s1. The molecule has 1 aromatic heterocycles. The van der Waals surface area contributed by atoms with E-state index in [1.54, 1.807) is 24.3 Å². The Morgan fingerprint density at radius 1 is 1.15 bits per heavy atom. The number of non-ortho nitro benzene ring substituents is 1. The van der Waals surface area contributed by atoms with Gasteiger partial charge in [-0.05, 0) is 35.9 Å². The Kier molecular flexibility index (Phi) is 4.43. The smallest absolute Gasteiger partial charge is 0.281 e. The number of nitrogens with zero attached hydrogens (tertiary/aromatic N) is 2. The predicted octanol–water partition coefficient (Wildman–Crippen LogP) is 3.34. The van der Waals surface area contributed by atoms with Crippen LogP contribution in [-0.2, 0) is 0 Å². The highest BCUT2D eigenvalue weighted by Gasteiger charge is 2.13. The predicted molar refractivity (Wildman–Crippen MR) is 101 cm³/mol. The first-order valence-electron chi connectivity index (χ1n) is 8.01. The van der Waals surface area contributed by atoms with E-state index in [9.17, 15) is 14.9 Å². The molecule has 2 heterocycles. The molecule has 1 amide bonds. The molecule has 136 valence electrons. The van der Waals surface area contributed by atoms with Gasteiger partial charge in [-0.1, -0.05) is 0 Å². The lowest BCUT2D eigenvalue weighted by molar-refractivity contribution is -0.384. The third-order valence-corrected chi connectivity index (χ3v) is 5.00. The number of nitro benzene ring substituents is 1. The summed E-state index contributed by atoms with van der Waals surface area (Å²) in [4.78, 5) is 23.1. The van der Waals surface area contributed by atoms with Crippen molar-refractivity contribution < 1.29 is 19.2 Å². The van der Waals surface area contributed by atoms with E-state index in [2.05, 4.69) is 10.5 Å². The average molecular weight is 383 g/mol. The van der Waals surface area contributed by atoms with Crippen molar-refractivity contribution in [2.45, 2.75) is 0 Å². The number of carbonyl (C=O) groups excluding carboxylic acids is 1. The standard InChI is InChI=1S/C18H13N3O5S/c22-18(17-9-12-8-13(21(23)24)2-4-16(12)27-17)20-19-10-11-1-3-14-15(7-11)26-6-5-25-14/h1-4,7-10H,5-6H2,(H,20,22). The highest BCUT2D eigenvalue weighted by molar-refractivity contribution is 7.20. The van der Waals surface area contributed by atoms with Gasteiger partial charge in [0.05, 0.1) is 16.0 Å². The minimum Gasteiger partial charge on any atom is -0.486 e. The van der Waals surface area contributed by atoms with E-state index < -0.39 is 4.92 Å². The van der Waals surface area contributed by atoms with E-state index in [0.717, 1.165) is 10.3 Å². The molecule has 1 aliphatic rings. The maximum Gasteiger partial charge on any atom is 0.281 e. The molecular formula is C18H13N3O5S. The topological polar surface area (TPSA) is 103 Å². The molecule has 3 aromatic rings. The van der Waals surface area contributed by atoms with Gasteiger partial charge in [0.1, 0.15) is 13.2 Å². The molecule has 1 aliphatic heterocycles. The number of rotatable bonds is 4. The summed E-state index contributed by atoms with van der Waals surface area (Å²) in [7, 11) is 0. The van der Waals surface area contributed by atoms with Crippen LogP contribution in [-0.4, -0.2) is 30.3 Å². The lowest BCUT2D eigenvalue weighted by atomic mass is 10.2. The van der Waals surface area contributed by atoms with Crippen molar-refractivity contribution in [3.63, 3.8) is 0 Å². The van der Waals surface area contributed by atoms with Crippen molar-refractivity contribution in [2.75, 3.05) is 13.2 Å². The summed E-state index contributed by atoms with van der Waals surface area (Å²) in [5, 5.41) is 15.5. The number of thiophene rings is 1. The summed E-state index contributed by atoms with van der Waals surface area (Å²) in [6.45, 7) is 1.02. The Bertz CT molecular complexity index is 1080. The lowest BCUT2D eigenvalue weighted by Gasteiger charge is -2.18. The molecule has 0 radical (unpaired) electrons. The van der Waals surface area contributed by atoms with Gasteiger partial charge in [-0.15, -0.1) is 11.3 Å². The molecule has 0 saturated carbocycles. The van der Waals surface area contributed by atoms with E-state index in [1.165, 1.54) is 29.7 Å². The molecule has 0 saturated heterocycles. The van der Waals surface area contributed by atoms with Crippen molar-refractivity contribution >= 4 is 39.2 Å². The Labute approximate surface area is 157 Å². The van der Waals surface area contributed by atoms with E-state index in [-0.39, 0.29) is 11.6 Å². The molecule has 0 unspecified atom stereocenters. The third kappa shape index (κ3) is 3.58. The Morgan fingerprint density at radius 3 is 2.78 bits per heavy atom. The third-order valence-electron chi connectivity index (χ3n) is 3.88. The molecule has 4 rings (SSSR count). The fraction of sp³-hybridized carbons (Fsp3) is 0.111. The van der Waals surface area contributed by atoms with Gasteiger partial charge in [0.2, 0.25) is 0 Å². The van der Waals surface area contributed by atoms with Crippen LogP contribution in [0.2, 0.25) is 0 Å². The molecule has 0 spiro atoms. The van der Waals surface area contributed by atoms with Gasteiger partial charge in [0.25, 0.3) is 11.6 Å². The number of carbonyl (C=O) groups is 1.